The summed E-state index contributed by atoms with van der Waals surface area (Å²) in [6.45, 7) is 0. The van der Waals surface area contributed by atoms with Gasteiger partial charge in [-0.1, -0.05) is 35.5 Å². The fraction of sp³-hybridized carbons (Fsp3) is 0.0909. The largest absolute Gasteiger partial charge is 0.490 e. The van der Waals surface area contributed by atoms with E-state index < -0.39 is 0 Å². The first-order chi connectivity index (χ1) is 8.22. The smallest absolute Gasteiger partial charge is 0.193 e. The first-order valence-electron chi connectivity index (χ1n) is 4.79. The zero-order chi connectivity index (χ0) is 12.3. The number of rotatable bonds is 3. The highest BCUT2D eigenvalue weighted by molar-refractivity contribution is 7.99. The molecule has 2 aromatic rings. The molecular weight excluding hydrogens is 258 g/mol. The highest BCUT2D eigenvalue weighted by Gasteiger charge is 2.12. The summed E-state index contributed by atoms with van der Waals surface area (Å²) in [4.78, 5) is 8.90. The summed E-state index contributed by atoms with van der Waals surface area (Å²) in [5.74, 6) is 0.787. The molecule has 88 valence electrons. The second kappa shape index (κ2) is 5.25. The number of ether oxygens (including phenoxy) is 1. The molecule has 0 aliphatic carbocycles. The Morgan fingerprint density at radius 1 is 1.29 bits per heavy atom. The minimum Gasteiger partial charge on any atom is -0.490 e. The van der Waals surface area contributed by atoms with Gasteiger partial charge >= 0.3 is 0 Å². The van der Waals surface area contributed by atoms with Crippen LogP contribution in [0.15, 0.2) is 40.5 Å². The molecule has 0 amide bonds. The fourth-order valence-electron chi connectivity index (χ4n) is 1.27. The van der Waals surface area contributed by atoms with Crippen molar-refractivity contribution in [3.63, 3.8) is 0 Å². The normalized spacial score (nSPS) is 10.2. The maximum atomic E-state index is 6.07. The SMILES string of the molecule is COc1c(N)ncnc1Sc1ccccc1Cl. The van der Waals surface area contributed by atoms with Gasteiger partial charge in [0.05, 0.1) is 12.1 Å². The molecule has 0 spiro atoms. The van der Waals surface area contributed by atoms with Crippen molar-refractivity contribution in [2.24, 2.45) is 0 Å². The Kier molecular flexibility index (Phi) is 3.71. The van der Waals surface area contributed by atoms with Crippen molar-refractivity contribution in [1.82, 2.24) is 9.97 Å². The van der Waals surface area contributed by atoms with Crippen LogP contribution in [0.5, 0.6) is 5.75 Å². The second-order valence-electron chi connectivity index (χ2n) is 3.13. The zero-order valence-electron chi connectivity index (χ0n) is 9.05. The number of methoxy groups -OCH3 is 1. The van der Waals surface area contributed by atoms with Gasteiger partial charge in [-0.2, -0.15) is 0 Å². The van der Waals surface area contributed by atoms with Crippen LogP contribution >= 0.6 is 23.4 Å². The Morgan fingerprint density at radius 3 is 2.76 bits per heavy atom. The number of hydrogen-bond donors (Lipinski definition) is 1. The lowest BCUT2D eigenvalue weighted by molar-refractivity contribution is 0.401. The maximum Gasteiger partial charge on any atom is 0.193 e. The van der Waals surface area contributed by atoms with Gasteiger partial charge in [-0.05, 0) is 12.1 Å². The van der Waals surface area contributed by atoms with Crippen molar-refractivity contribution in [3.05, 3.63) is 35.6 Å². The second-order valence-corrected chi connectivity index (χ2v) is 4.57. The lowest BCUT2D eigenvalue weighted by atomic mass is 10.4. The predicted molar refractivity (Wildman–Crippen MR) is 68.6 cm³/mol. The van der Waals surface area contributed by atoms with E-state index in [9.17, 15) is 0 Å². The molecule has 1 aromatic carbocycles. The molecular formula is C11H10ClN3OS. The van der Waals surface area contributed by atoms with E-state index in [0.29, 0.717) is 21.6 Å². The molecule has 0 saturated heterocycles. The Balaban J connectivity index is 2.37. The minimum absolute atomic E-state index is 0.317. The van der Waals surface area contributed by atoms with Crippen LogP contribution in [0.2, 0.25) is 5.02 Å². The molecule has 0 fully saturated rings. The molecule has 0 aliphatic rings. The van der Waals surface area contributed by atoms with E-state index in [1.165, 1.54) is 25.2 Å². The van der Waals surface area contributed by atoms with Gasteiger partial charge in [0.15, 0.2) is 11.6 Å². The van der Waals surface area contributed by atoms with Crippen LogP contribution in [0.1, 0.15) is 0 Å². The van der Waals surface area contributed by atoms with Crippen molar-refractivity contribution in [2.45, 2.75) is 9.92 Å². The molecule has 17 heavy (non-hydrogen) atoms. The molecule has 0 unspecified atom stereocenters. The third kappa shape index (κ3) is 2.62. The Labute approximate surface area is 108 Å². The zero-order valence-corrected chi connectivity index (χ0v) is 10.6. The lowest BCUT2D eigenvalue weighted by Crippen LogP contribution is -1.98. The highest BCUT2D eigenvalue weighted by atomic mass is 35.5. The van der Waals surface area contributed by atoms with Crippen LogP contribution in [-0.4, -0.2) is 17.1 Å². The molecule has 2 N–H and O–H groups in total. The third-order valence-corrected chi connectivity index (χ3v) is 3.55. The van der Waals surface area contributed by atoms with Crippen molar-refractivity contribution < 1.29 is 4.74 Å². The standard InChI is InChI=1S/C11H10ClN3OS/c1-16-9-10(13)14-6-15-11(9)17-8-5-3-2-4-7(8)12/h2-6H,1H3,(H2,13,14,15). The maximum absolute atomic E-state index is 6.07. The first kappa shape index (κ1) is 12.0. The lowest BCUT2D eigenvalue weighted by Gasteiger charge is -2.08. The summed E-state index contributed by atoms with van der Waals surface area (Å²) in [7, 11) is 1.53. The van der Waals surface area contributed by atoms with E-state index in [-0.39, 0.29) is 0 Å². The van der Waals surface area contributed by atoms with Gasteiger partial charge in [0.25, 0.3) is 0 Å². The minimum atomic E-state index is 0.317. The van der Waals surface area contributed by atoms with Crippen LogP contribution in [0, 0.1) is 0 Å². The van der Waals surface area contributed by atoms with E-state index >= 15 is 0 Å². The summed E-state index contributed by atoms with van der Waals surface area (Å²) in [5.41, 5.74) is 5.70. The van der Waals surface area contributed by atoms with Gasteiger partial charge in [0.2, 0.25) is 0 Å². The fourth-order valence-corrected chi connectivity index (χ4v) is 2.42. The van der Waals surface area contributed by atoms with Crippen molar-refractivity contribution in [3.8, 4) is 5.75 Å². The van der Waals surface area contributed by atoms with Crippen LogP contribution in [-0.2, 0) is 0 Å². The van der Waals surface area contributed by atoms with Crippen LogP contribution in [0.25, 0.3) is 0 Å². The van der Waals surface area contributed by atoms with Gasteiger partial charge in [-0.15, -0.1) is 0 Å². The van der Waals surface area contributed by atoms with Crippen LogP contribution in [0.3, 0.4) is 0 Å². The van der Waals surface area contributed by atoms with Crippen molar-refractivity contribution in [1.29, 1.82) is 0 Å². The number of nitrogens with zero attached hydrogens (tertiary/aromatic N) is 2. The highest BCUT2D eigenvalue weighted by Crippen LogP contribution is 2.38. The molecule has 0 aliphatic heterocycles. The van der Waals surface area contributed by atoms with Crippen LogP contribution in [0.4, 0.5) is 5.82 Å². The van der Waals surface area contributed by atoms with Crippen molar-refractivity contribution >= 4 is 29.2 Å². The summed E-state index contributed by atoms with van der Waals surface area (Å²) >= 11 is 7.46. The number of benzene rings is 1. The molecule has 4 nitrogen and oxygen atoms in total. The quantitative estimate of drug-likeness (QED) is 0.867. The first-order valence-corrected chi connectivity index (χ1v) is 5.98. The Morgan fingerprint density at radius 2 is 2.06 bits per heavy atom. The van der Waals surface area contributed by atoms with E-state index in [0.717, 1.165) is 4.90 Å². The average Bonchev–Trinajstić information content (AvgIpc) is 2.32. The third-order valence-electron chi connectivity index (χ3n) is 2.05. The summed E-state index contributed by atoms with van der Waals surface area (Å²) in [5, 5.41) is 1.31. The molecule has 0 saturated carbocycles. The molecule has 0 radical (unpaired) electrons. The Hall–Kier alpha value is -1.46. The van der Waals surface area contributed by atoms with Gasteiger partial charge in [0, 0.05) is 4.90 Å². The van der Waals surface area contributed by atoms with Crippen LogP contribution < -0.4 is 10.5 Å². The monoisotopic (exact) mass is 267 g/mol. The number of nitrogens with two attached hydrogens (primary N) is 1. The van der Waals surface area contributed by atoms with Gasteiger partial charge in [0.1, 0.15) is 11.4 Å². The van der Waals surface area contributed by atoms with Crippen molar-refractivity contribution in [2.75, 3.05) is 12.8 Å². The Bertz CT molecular complexity index is 536. The van der Waals surface area contributed by atoms with Gasteiger partial charge < -0.3 is 10.5 Å². The number of anilines is 1. The summed E-state index contributed by atoms with van der Waals surface area (Å²) in [6, 6.07) is 7.51. The van der Waals surface area contributed by atoms with Gasteiger partial charge in [-0.3, -0.25) is 0 Å². The number of hydrogen-bond acceptors (Lipinski definition) is 5. The average molecular weight is 268 g/mol. The molecule has 1 heterocycles. The predicted octanol–water partition coefficient (Wildman–Crippen LogP) is 2.87. The number of aromatic nitrogens is 2. The molecule has 1 aromatic heterocycles. The van der Waals surface area contributed by atoms with E-state index in [1.807, 2.05) is 24.3 Å². The number of halogens is 1. The van der Waals surface area contributed by atoms with Gasteiger partial charge in [-0.25, -0.2) is 9.97 Å². The topological polar surface area (TPSA) is 61.0 Å². The molecule has 0 atom stereocenters. The summed E-state index contributed by atoms with van der Waals surface area (Å²) < 4.78 is 5.17. The summed E-state index contributed by atoms with van der Waals surface area (Å²) in [6.07, 6.45) is 1.40. The van der Waals surface area contributed by atoms with E-state index in [1.54, 1.807) is 0 Å². The number of nitrogen functional groups attached to an aromatic ring is 1. The molecule has 0 bridgehead atoms. The molecule has 6 heteroatoms. The van der Waals surface area contributed by atoms with E-state index in [4.69, 9.17) is 22.1 Å². The molecule has 2 rings (SSSR count). The van der Waals surface area contributed by atoms with E-state index in [2.05, 4.69) is 9.97 Å².